The molecule has 3 rings (SSSR count). The molecule has 1 unspecified atom stereocenters. The average molecular weight is 535 g/mol. The molecule has 36 heavy (non-hydrogen) atoms. The molecule has 0 saturated heterocycles. The molecule has 1 fully saturated rings. The van der Waals surface area contributed by atoms with E-state index in [0.29, 0.717) is 10.7 Å². The number of amides is 2. The lowest BCUT2D eigenvalue weighted by Crippen LogP contribution is -2.53. The van der Waals surface area contributed by atoms with Crippen LogP contribution in [0.3, 0.4) is 0 Å². The number of hydrogen-bond acceptors (Lipinski definition) is 4. The molecule has 1 saturated carbocycles. The summed E-state index contributed by atoms with van der Waals surface area (Å²) in [6, 6.07) is 14.8. The highest BCUT2D eigenvalue weighted by Crippen LogP contribution is 2.22. The van der Waals surface area contributed by atoms with E-state index in [1.165, 1.54) is 19.0 Å². The number of rotatable bonds is 10. The van der Waals surface area contributed by atoms with Gasteiger partial charge in [0.1, 0.15) is 12.6 Å². The van der Waals surface area contributed by atoms with Crippen molar-refractivity contribution in [3.63, 3.8) is 0 Å². The van der Waals surface area contributed by atoms with Gasteiger partial charge in [-0.1, -0.05) is 61.2 Å². The molecule has 8 nitrogen and oxygen atoms in total. The standard InChI is InChI=1S/C26H35ClN4O4S/c1-20(26(33)28-23-13-6-4-7-14-23)30(18-21-11-10-12-22(27)17-21)25(32)19-31(36(34,35)29(2)3)24-15-8-5-9-16-24/h5,8-12,15-17,20,23H,4,6-7,13-14,18-19H2,1-3H3,(H,28,33). The van der Waals surface area contributed by atoms with Gasteiger partial charge in [-0.2, -0.15) is 12.7 Å². The number of para-hydroxylation sites is 1. The van der Waals surface area contributed by atoms with Gasteiger partial charge in [0.15, 0.2) is 0 Å². The summed E-state index contributed by atoms with van der Waals surface area (Å²) in [5, 5.41) is 3.60. The van der Waals surface area contributed by atoms with Crippen LogP contribution in [0.2, 0.25) is 5.02 Å². The van der Waals surface area contributed by atoms with Gasteiger partial charge in [-0.3, -0.25) is 9.59 Å². The van der Waals surface area contributed by atoms with Crippen LogP contribution in [0.1, 0.15) is 44.6 Å². The Labute approximate surface area is 219 Å². The Morgan fingerprint density at radius 3 is 2.31 bits per heavy atom. The first-order valence-electron chi connectivity index (χ1n) is 12.2. The van der Waals surface area contributed by atoms with Gasteiger partial charge in [-0.05, 0) is 49.6 Å². The lowest BCUT2D eigenvalue weighted by atomic mass is 9.95. The molecule has 0 spiro atoms. The zero-order valence-corrected chi connectivity index (χ0v) is 22.6. The van der Waals surface area contributed by atoms with Crippen molar-refractivity contribution in [2.24, 2.45) is 0 Å². The predicted octanol–water partition coefficient (Wildman–Crippen LogP) is 3.82. The number of hydrogen-bond donors (Lipinski definition) is 1. The topological polar surface area (TPSA) is 90.0 Å². The molecule has 2 amide bonds. The van der Waals surface area contributed by atoms with E-state index in [1.807, 2.05) is 6.07 Å². The van der Waals surface area contributed by atoms with E-state index in [-0.39, 0.29) is 18.5 Å². The first kappa shape index (κ1) is 28.0. The molecule has 0 aliphatic heterocycles. The molecule has 2 aromatic carbocycles. The zero-order valence-electron chi connectivity index (χ0n) is 21.1. The van der Waals surface area contributed by atoms with Gasteiger partial charge in [-0.25, -0.2) is 4.31 Å². The average Bonchev–Trinajstić information content (AvgIpc) is 2.86. The quantitative estimate of drug-likeness (QED) is 0.502. The van der Waals surface area contributed by atoms with Crippen LogP contribution in [-0.4, -0.2) is 62.2 Å². The number of nitrogens with one attached hydrogen (secondary N) is 1. The van der Waals surface area contributed by atoms with Gasteiger partial charge in [0.2, 0.25) is 11.8 Å². The number of nitrogens with zero attached hydrogens (tertiary/aromatic N) is 3. The summed E-state index contributed by atoms with van der Waals surface area (Å²) < 4.78 is 28.4. The molecule has 0 aromatic heterocycles. The normalized spacial score (nSPS) is 15.4. The van der Waals surface area contributed by atoms with Crippen molar-refractivity contribution in [3.05, 3.63) is 65.2 Å². The Hall–Kier alpha value is -2.62. The summed E-state index contributed by atoms with van der Waals surface area (Å²) in [7, 11) is -1.14. The Balaban J connectivity index is 1.89. The summed E-state index contributed by atoms with van der Waals surface area (Å²) in [5.41, 5.74) is 1.11. The Bertz CT molecular complexity index is 1140. The Morgan fingerprint density at radius 1 is 1.03 bits per heavy atom. The number of carbonyl (C=O) groups excluding carboxylic acids is 2. The summed E-state index contributed by atoms with van der Waals surface area (Å²) in [5.74, 6) is -0.741. The predicted molar refractivity (Wildman–Crippen MR) is 143 cm³/mol. The van der Waals surface area contributed by atoms with E-state index in [0.717, 1.165) is 46.3 Å². The van der Waals surface area contributed by atoms with E-state index in [9.17, 15) is 18.0 Å². The second-order valence-corrected chi connectivity index (χ2v) is 11.8. The number of carbonyl (C=O) groups is 2. The highest BCUT2D eigenvalue weighted by Gasteiger charge is 2.33. The van der Waals surface area contributed by atoms with Crippen LogP contribution in [0.5, 0.6) is 0 Å². The minimum absolute atomic E-state index is 0.0896. The molecule has 1 aliphatic carbocycles. The molecule has 0 heterocycles. The lowest BCUT2D eigenvalue weighted by Gasteiger charge is -2.34. The maximum absolute atomic E-state index is 13.7. The minimum atomic E-state index is -3.97. The fourth-order valence-electron chi connectivity index (χ4n) is 4.29. The highest BCUT2D eigenvalue weighted by molar-refractivity contribution is 7.90. The molecule has 1 aliphatic rings. The Kier molecular flexibility index (Phi) is 9.76. The lowest BCUT2D eigenvalue weighted by molar-refractivity contribution is -0.139. The van der Waals surface area contributed by atoms with Crippen molar-refractivity contribution in [3.8, 4) is 0 Å². The fraction of sp³-hybridized carbons (Fsp3) is 0.462. The number of anilines is 1. The Morgan fingerprint density at radius 2 is 1.69 bits per heavy atom. The molecule has 1 N–H and O–H groups in total. The third-order valence-corrected chi connectivity index (χ3v) is 8.48. The maximum atomic E-state index is 13.7. The van der Waals surface area contributed by atoms with Crippen molar-refractivity contribution >= 4 is 39.3 Å². The molecule has 0 bridgehead atoms. The summed E-state index contributed by atoms with van der Waals surface area (Å²) in [6.45, 7) is 1.34. The molecule has 0 radical (unpaired) electrons. The molecule has 196 valence electrons. The molecular weight excluding hydrogens is 500 g/mol. The van der Waals surface area contributed by atoms with Crippen LogP contribution in [0, 0.1) is 0 Å². The van der Waals surface area contributed by atoms with Gasteiger partial charge in [0.25, 0.3) is 0 Å². The molecule has 10 heteroatoms. The van der Waals surface area contributed by atoms with Gasteiger partial charge < -0.3 is 10.2 Å². The highest BCUT2D eigenvalue weighted by atomic mass is 35.5. The van der Waals surface area contributed by atoms with Crippen LogP contribution in [0.25, 0.3) is 0 Å². The molecule has 2 aromatic rings. The third kappa shape index (κ3) is 7.21. The van der Waals surface area contributed by atoms with Crippen molar-refractivity contribution in [2.75, 3.05) is 24.9 Å². The van der Waals surface area contributed by atoms with E-state index < -0.39 is 28.7 Å². The van der Waals surface area contributed by atoms with Crippen LogP contribution < -0.4 is 9.62 Å². The summed E-state index contributed by atoms with van der Waals surface area (Å²) >= 11 is 6.16. The fourth-order valence-corrected chi connectivity index (χ4v) is 5.56. The van der Waals surface area contributed by atoms with E-state index in [4.69, 9.17) is 11.6 Å². The second kappa shape index (κ2) is 12.6. The molecule has 1 atom stereocenters. The van der Waals surface area contributed by atoms with Crippen LogP contribution in [0.4, 0.5) is 5.69 Å². The van der Waals surface area contributed by atoms with Crippen LogP contribution in [-0.2, 0) is 26.3 Å². The van der Waals surface area contributed by atoms with E-state index >= 15 is 0 Å². The van der Waals surface area contributed by atoms with Crippen LogP contribution >= 0.6 is 11.6 Å². The third-order valence-electron chi connectivity index (χ3n) is 6.42. The van der Waals surface area contributed by atoms with Crippen molar-refractivity contribution < 1.29 is 18.0 Å². The van der Waals surface area contributed by atoms with Crippen molar-refractivity contribution in [1.82, 2.24) is 14.5 Å². The van der Waals surface area contributed by atoms with Crippen molar-refractivity contribution in [1.29, 1.82) is 0 Å². The van der Waals surface area contributed by atoms with Gasteiger partial charge in [-0.15, -0.1) is 0 Å². The smallest absolute Gasteiger partial charge is 0.304 e. The maximum Gasteiger partial charge on any atom is 0.304 e. The first-order valence-corrected chi connectivity index (χ1v) is 14.0. The largest absolute Gasteiger partial charge is 0.352 e. The van der Waals surface area contributed by atoms with Crippen molar-refractivity contribution in [2.45, 2.75) is 57.7 Å². The van der Waals surface area contributed by atoms with Crippen LogP contribution in [0.15, 0.2) is 54.6 Å². The second-order valence-electron chi connectivity index (χ2n) is 9.30. The van der Waals surface area contributed by atoms with E-state index in [2.05, 4.69) is 5.32 Å². The summed E-state index contributed by atoms with van der Waals surface area (Å²) in [6.07, 6.45) is 5.14. The minimum Gasteiger partial charge on any atom is -0.352 e. The monoisotopic (exact) mass is 534 g/mol. The molecular formula is C26H35ClN4O4S. The number of benzene rings is 2. The summed E-state index contributed by atoms with van der Waals surface area (Å²) in [4.78, 5) is 28.3. The number of halogens is 1. The van der Waals surface area contributed by atoms with Gasteiger partial charge in [0.05, 0.1) is 5.69 Å². The van der Waals surface area contributed by atoms with E-state index in [1.54, 1.807) is 55.5 Å². The zero-order chi connectivity index (χ0) is 26.3. The van der Waals surface area contributed by atoms with Gasteiger partial charge in [0, 0.05) is 31.7 Å². The SMILES string of the molecule is CC(C(=O)NC1CCCCC1)N(Cc1cccc(Cl)c1)C(=O)CN(c1ccccc1)S(=O)(=O)N(C)C. The van der Waals surface area contributed by atoms with Gasteiger partial charge >= 0.3 is 10.2 Å². The first-order chi connectivity index (χ1) is 17.1.